The molecule has 2 aliphatic heterocycles. The molecule has 2 heterocycles. The van der Waals surface area contributed by atoms with E-state index in [2.05, 4.69) is 0 Å². The number of hydrogen-bond donors (Lipinski definition) is 1. The van der Waals surface area contributed by atoms with Crippen LogP contribution in [0.25, 0.3) is 0 Å². The lowest BCUT2D eigenvalue weighted by atomic mass is 9.74. The highest BCUT2D eigenvalue weighted by Crippen LogP contribution is 2.52. The van der Waals surface area contributed by atoms with Crippen LogP contribution in [0.4, 0.5) is 4.39 Å². The fraction of sp³-hybridized carbons (Fsp3) is 0.556. The van der Waals surface area contributed by atoms with Crippen LogP contribution < -0.4 is 0 Å². The van der Waals surface area contributed by atoms with Crippen LogP contribution in [0.3, 0.4) is 0 Å². The fourth-order valence-corrected chi connectivity index (χ4v) is 4.33. The monoisotopic (exact) mass is 333 g/mol. The van der Waals surface area contributed by atoms with Gasteiger partial charge in [0.2, 0.25) is 5.91 Å². The third kappa shape index (κ3) is 2.09. The number of hydrogen-bond acceptors (Lipinski definition) is 3. The summed E-state index contributed by atoms with van der Waals surface area (Å²) in [5.74, 6) is -1.55. The van der Waals surface area contributed by atoms with Crippen molar-refractivity contribution in [1.82, 2.24) is 4.90 Å². The van der Waals surface area contributed by atoms with Crippen LogP contribution in [0.5, 0.6) is 0 Å². The molecule has 1 aromatic carbocycles. The number of rotatable bonds is 3. The average molecular weight is 333 g/mol. The molecule has 1 amide bonds. The molecule has 1 saturated carbocycles. The zero-order chi connectivity index (χ0) is 16.9. The summed E-state index contributed by atoms with van der Waals surface area (Å²) in [5, 5.41) is 9.72. The molecular weight excluding hydrogens is 313 g/mol. The van der Waals surface area contributed by atoms with Gasteiger partial charge in [-0.25, -0.2) is 4.39 Å². The van der Waals surface area contributed by atoms with Gasteiger partial charge in [-0.15, -0.1) is 0 Å². The largest absolute Gasteiger partial charge is 0.481 e. The number of carboxylic acid groups (broad SMARTS) is 1. The number of likely N-dealkylation sites (tertiary alicyclic amines) is 1. The predicted molar refractivity (Wildman–Crippen MR) is 82.9 cm³/mol. The van der Waals surface area contributed by atoms with Gasteiger partial charge in [-0.3, -0.25) is 9.59 Å². The number of amides is 1. The molecule has 2 saturated heterocycles. The van der Waals surface area contributed by atoms with Crippen LogP contribution in [0, 0.1) is 17.2 Å². The molecule has 5 nitrogen and oxygen atoms in total. The van der Waals surface area contributed by atoms with Crippen molar-refractivity contribution in [2.75, 3.05) is 26.3 Å². The zero-order valence-electron chi connectivity index (χ0n) is 13.3. The van der Waals surface area contributed by atoms with E-state index in [0.29, 0.717) is 44.6 Å². The molecule has 2 atom stereocenters. The summed E-state index contributed by atoms with van der Waals surface area (Å²) in [7, 11) is 0. The van der Waals surface area contributed by atoms with Crippen LogP contribution in [0.1, 0.15) is 24.8 Å². The van der Waals surface area contributed by atoms with Crippen LogP contribution in [-0.2, 0) is 19.7 Å². The first-order valence-electron chi connectivity index (χ1n) is 8.35. The second kappa shape index (κ2) is 5.28. The maximum atomic E-state index is 14.2. The van der Waals surface area contributed by atoms with E-state index in [4.69, 9.17) is 4.74 Å². The summed E-state index contributed by atoms with van der Waals surface area (Å²) in [6.45, 7) is 1.35. The molecule has 0 spiro atoms. The van der Waals surface area contributed by atoms with E-state index in [1.54, 1.807) is 23.1 Å². The van der Waals surface area contributed by atoms with E-state index in [1.807, 2.05) is 0 Å². The minimum Gasteiger partial charge on any atom is -0.481 e. The number of halogens is 1. The maximum absolute atomic E-state index is 14.2. The van der Waals surface area contributed by atoms with Crippen molar-refractivity contribution < 1.29 is 23.8 Å². The molecule has 0 radical (unpaired) electrons. The minimum atomic E-state index is -0.917. The molecule has 1 aromatic rings. The molecule has 0 bridgehead atoms. The van der Waals surface area contributed by atoms with E-state index in [0.717, 1.165) is 0 Å². The highest BCUT2D eigenvalue weighted by molar-refractivity contribution is 5.92. The summed E-state index contributed by atoms with van der Waals surface area (Å²) >= 11 is 0. The Bertz CT molecular complexity index is 702. The van der Waals surface area contributed by atoms with Gasteiger partial charge in [0.05, 0.1) is 17.4 Å². The van der Waals surface area contributed by atoms with Crippen molar-refractivity contribution in [1.29, 1.82) is 0 Å². The number of nitrogens with zero attached hydrogens (tertiary/aromatic N) is 1. The third-order valence-electron chi connectivity index (χ3n) is 5.97. The Hall–Kier alpha value is -1.95. The predicted octanol–water partition coefficient (Wildman–Crippen LogP) is 1.81. The van der Waals surface area contributed by atoms with Crippen molar-refractivity contribution >= 4 is 11.9 Å². The highest BCUT2D eigenvalue weighted by atomic mass is 19.1. The lowest BCUT2D eigenvalue weighted by Crippen LogP contribution is -2.45. The van der Waals surface area contributed by atoms with Gasteiger partial charge >= 0.3 is 5.97 Å². The SMILES string of the molecule is O=C(N1C[C@H]2COCC[C@@]2(C(=O)O)C1)C1(c2ccccc2F)CC1. The number of carboxylic acids is 1. The standard InChI is InChI=1S/C18H20FNO4/c19-14-4-2-1-3-13(14)17(5-6-17)15(21)20-9-12-10-24-8-7-18(12,11-20)16(22)23/h1-4,12H,5-11H2,(H,22,23)/t12-,18+/m0/s1. The van der Waals surface area contributed by atoms with Crippen LogP contribution in [-0.4, -0.2) is 48.2 Å². The average Bonchev–Trinajstić information content (AvgIpc) is 3.27. The first kappa shape index (κ1) is 15.6. The smallest absolute Gasteiger partial charge is 0.311 e. The van der Waals surface area contributed by atoms with Gasteiger partial charge in [0.15, 0.2) is 0 Å². The van der Waals surface area contributed by atoms with Crippen molar-refractivity contribution in [3.63, 3.8) is 0 Å². The second-order valence-corrected chi connectivity index (χ2v) is 7.23. The first-order valence-corrected chi connectivity index (χ1v) is 8.35. The van der Waals surface area contributed by atoms with Crippen LogP contribution in [0.2, 0.25) is 0 Å². The summed E-state index contributed by atoms with van der Waals surface area (Å²) in [5.41, 5.74) is -1.29. The molecule has 6 heteroatoms. The van der Waals surface area contributed by atoms with Crippen molar-refractivity contribution in [2.24, 2.45) is 11.3 Å². The highest BCUT2D eigenvalue weighted by Gasteiger charge is 2.60. The van der Waals surface area contributed by atoms with Crippen molar-refractivity contribution in [2.45, 2.75) is 24.7 Å². The van der Waals surface area contributed by atoms with Crippen LogP contribution in [0.15, 0.2) is 24.3 Å². The lowest BCUT2D eigenvalue weighted by molar-refractivity contribution is -0.157. The Kier molecular flexibility index (Phi) is 3.42. The Morgan fingerprint density at radius 2 is 2.00 bits per heavy atom. The van der Waals surface area contributed by atoms with Gasteiger partial charge in [0, 0.05) is 31.2 Å². The molecule has 1 aliphatic carbocycles. The number of aliphatic carboxylic acids is 1. The molecule has 3 aliphatic rings. The number of benzene rings is 1. The number of carbonyl (C=O) groups is 2. The molecule has 128 valence electrons. The zero-order valence-corrected chi connectivity index (χ0v) is 13.3. The number of carbonyl (C=O) groups excluding carboxylic acids is 1. The molecule has 24 heavy (non-hydrogen) atoms. The molecule has 4 rings (SSSR count). The van der Waals surface area contributed by atoms with Crippen molar-refractivity contribution in [3.8, 4) is 0 Å². The molecule has 0 aromatic heterocycles. The molecule has 3 fully saturated rings. The Labute approximate surface area is 139 Å². The van der Waals surface area contributed by atoms with Gasteiger partial charge in [-0.05, 0) is 25.3 Å². The third-order valence-corrected chi connectivity index (χ3v) is 5.97. The molecule has 0 unspecified atom stereocenters. The Morgan fingerprint density at radius 3 is 2.62 bits per heavy atom. The normalized spacial score (nSPS) is 30.7. The van der Waals surface area contributed by atoms with E-state index in [1.165, 1.54) is 6.07 Å². The summed E-state index contributed by atoms with van der Waals surface area (Å²) in [4.78, 5) is 26.6. The van der Waals surface area contributed by atoms with E-state index < -0.39 is 16.8 Å². The fourth-order valence-electron chi connectivity index (χ4n) is 4.33. The Morgan fingerprint density at radius 1 is 1.25 bits per heavy atom. The maximum Gasteiger partial charge on any atom is 0.311 e. The topological polar surface area (TPSA) is 66.8 Å². The lowest BCUT2D eigenvalue weighted by Gasteiger charge is -2.34. The van der Waals surface area contributed by atoms with Gasteiger partial charge in [-0.2, -0.15) is 0 Å². The number of fused-ring (bicyclic) bond motifs is 1. The first-order chi connectivity index (χ1) is 11.5. The van der Waals surface area contributed by atoms with Gasteiger partial charge < -0.3 is 14.7 Å². The molecular formula is C18H20FNO4. The van der Waals surface area contributed by atoms with Gasteiger partial charge in [0.25, 0.3) is 0 Å². The van der Waals surface area contributed by atoms with E-state index >= 15 is 0 Å². The summed E-state index contributed by atoms with van der Waals surface area (Å²) in [6.07, 6.45) is 1.65. The second-order valence-electron chi connectivity index (χ2n) is 7.23. The summed E-state index contributed by atoms with van der Waals surface area (Å²) in [6, 6.07) is 6.39. The number of ether oxygens (including phenoxy) is 1. The van der Waals surface area contributed by atoms with Crippen LogP contribution >= 0.6 is 0 Å². The summed E-state index contributed by atoms with van der Waals surface area (Å²) < 4.78 is 19.6. The van der Waals surface area contributed by atoms with E-state index in [-0.39, 0.29) is 24.2 Å². The molecule has 1 N–H and O–H groups in total. The van der Waals surface area contributed by atoms with Crippen molar-refractivity contribution in [3.05, 3.63) is 35.6 Å². The quantitative estimate of drug-likeness (QED) is 0.916. The Balaban J connectivity index is 1.62. The van der Waals surface area contributed by atoms with Gasteiger partial charge in [-0.1, -0.05) is 18.2 Å². The van der Waals surface area contributed by atoms with Gasteiger partial charge in [0.1, 0.15) is 5.82 Å². The van der Waals surface area contributed by atoms with E-state index in [9.17, 15) is 19.1 Å². The minimum absolute atomic E-state index is 0.136.